The highest BCUT2D eigenvalue weighted by atomic mass is 16.5. The van der Waals surface area contributed by atoms with E-state index in [-0.39, 0.29) is 29.9 Å². The molecule has 0 fully saturated rings. The van der Waals surface area contributed by atoms with Crippen LogP contribution in [0, 0.1) is 29.6 Å². The lowest BCUT2D eigenvalue weighted by molar-refractivity contribution is 0.00553. The molecule has 4 aromatic carbocycles. The Kier molecular flexibility index (Phi) is 11.2. The van der Waals surface area contributed by atoms with Crippen molar-refractivity contribution in [2.24, 2.45) is 17.8 Å². The average Bonchev–Trinajstić information content (AvgIpc) is 3.06. The van der Waals surface area contributed by atoms with Gasteiger partial charge >= 0.3 is 0 Å². The third kappa shape index (κ3) is 7.85. The number of aryl methyl sites for hydroxylation is 1. The number of methoxy groups -OCH3 is 1. The van der Waals surface area contributed by atoms with E-state index in [1.165, 1.54) is 12.7 Å². The molecular formula is C40H46O6. The molecule has 0 amide bonds. The molecule has 1 aliphatic carbocycles. The third-order valence-electron chi connectivity index (χ3n) is 9.59. The Morgan fingerprint density at radius 2 is 1.70 bits per heavy atom. The van der Waals surface area contributed by atoms with E-state index in [4.69, 9.17) is 4.74 Å². The Labute approximate surface area is 272 Å². The van der Waals surface area contributed by atoms with Crippen molar-refractivity contribution < 1.29 is 30.3 Å². The van der Waals surface area contributed by atoms with Gasteiger partial charge in [0.05, 0.1) is 25.9 Å². The summed E-state index contributed by atoms with van der Waals surface area (Å²) in [5, 5.41) is 55.3. The molecule has 0 radical (unpaired) electrons. The normalized spacial score (nSPS) is 20.0. The molecule has 0 unspecified atom stereocenters. The predicted octanol–water partition coefficient (Wildman–Crippen LogP) is 7.15. The number of hydrogen-bond donors (Lipinski definition) is 5. The zero-order chi connectivity index (χ0) is 32.6. The molecule has 4 aromatic rings. The van der Waals surface area contributed by atoms with Gasteiger partial charge in [0.15, 0.2) is 11.5 Å². The Morgan fingerprint density at radius 3 is 2.46 bits per heavy atom. The summed E-state index contributed by atoms with van der Waals surface area (Å²) in [6.45, 7) is 2.02. The van der Waals surface area contributed by atoms with Gasteiger partial charge in [-0.2, -0.15) is 0 Å². The van der Waals surface area contributed by atoms with Crippen LogP contribution in [0.15, 0.2) is 72.8 Å². The fourth-order valence-electron chi connectivity index (χ4n) is 6.93. The van der Waals surface area contributed by atoms with Crippen LogP contribution in [0.4, 0.5) is 0 Å². The molecule has 0 aliphatic heterocycles. The van der Waals surface area contributed by atoms with Crippen LogP contribution in [0.3, 0.4) is 0 Å². The highest BCUT2D eigenvalue weighted by molar-refractivity contribution is 5.92. The lowest BCUT2D eigenvalue weighted by Gasteiger charge is -2.28. The maximum atomic E-state index is 11.5. The van der Waals surface area contributed by atoms with Gasteiger partial charge in [-0.3, -0.25) is 0 Å². The fourth-order valence-corrected chi connectivity index (χ4v) is 6.93. The van der Waals surface area contributed by atoms with Crippen LogP contribution in [0.25, 0.3) is 21.9 Å². The highest BCUT2D eigenvalue weighted by Gasteiger charge is 2.28. The second-order valence-electron chi connectivity index (χ2n) is 12.8. The molecule has 6 heteroatoms. The lowest BCUT2D eigenvalue weighted by atomic mass is 9.81. The van der Waals surface area contributed by atoms with Gasteiger partial charge in [-0.1, -0.05) is 68.2 Å². The van der Waals surface area contributed by atoms with E-state index in [9.17, 15) is 25.5 Å². The molecule has 5 atom stereocenters. The zero-order valence-corrected chi connectivity index (χ0v) is 26.8. The SMILES string of the molecule is COc1c(O)ccc(CC[C@@H](O)[C@H]2CC#C[C@@H]([C@H](C)Cc3ccccc3)CCCC[C@@H]2O)c1-c1cc2ccc(O)cc2cc1CO. The summed E-state index contributed by atoms with van der Waals surface area (Å²) in [5.74, 6) is 7.59. The summed E-state index contributed by atoms with van der Waals surface area (Å²) in [6, 6.07) is 22.7. The maximum absolute atomic E-state index is 11.5. The first-order valence-corrected chi connectivity index (χ1v) is 16.4. The van der Waals surface area contributed by atoms with Crippen molar-refractivity contribution in [3.8, 4) is 40.2 Å². The summed E-state index contributed by atoms with van der Waals surface area (Å²) < 4.78 is 5.67. The van der Waals surface area contributed by atoms with E-state index < -0.39 is 12.2 Å². The third-order valence-corrected chi connectivity index (χ3v) is 9.59. The van der Waals surface area contributed by atoms with Crippen LogP contribution in [-0.4, -0.2) is 44.9 Å². The Hall–Kier alpha value is -4.02. The van der Waals surface area contributed by atoms with Crippen LogP contribution >= 0.6 is 0 Å². The fraction of sp³-hybridized carbons (Fsp3) is 0.400. The van der Waals surface area contributed by atoms with Crippen LogP contribution in [0.1, 0.15) is 62.1 Å². The molecule has 0 spiro atoms. The van der Waals surface area contributed by atoms with Crippen LogP contribution < -0.4 is 4.74 Å². The van der Waals surface area contributed by atoms with Gasteiger partial charge in [0.25, 0.3) is 0 Å². The van der Waals surface area contributed by atoms with Crippen molar-refractivity contribution in [1.82, 2.24) is 0 Å². The quantitative estimate of drug-likeness (QED) is 0.120. The molecule has 242 valence electrons. The van der Waals surface area contributed by atoms with Crippen molar-refractivity contribution in [3.63, 3.8) is 0 Å². The van der Waals surface area contributed by atoms with E-state index in [1.807, 2.05) is 30.3 Å². The van der Waals surface area contributed by atoms with Gasteiger partial charge in [0.2, 0.25) is 0 Å². The molecule has 5 rings (SSSR count). The number of benzene rings is 4. The van der Waals surface area contributed by atoms with Gasteiger partial charge in [-0.05, 0) is 101 Å². The number of aliphatic hydroxyl groups is 3. The van der Waals surface area contributed by atoms with Crippen LogP contribution in [-0.2, 0) is 19.4 Å². The van der Waals surface area contributed by atoms with Crippen molar-refractivity contribution in [3.05, 3.63) is 89.5 Å². The van der Waals surface area contributed by atoms with Gasteiger partial charge in [-0.25, -0.2) is 0 Å². The topological polar surface area (TPSA) is 110 Å². The minimum Gasteiger partial charge on any atom is -0.508 e. The van der Waals surface area contributed by atoms with E-state index in [2.05, 4.69) is 43.0 Å². The second-order valence-corrected chi connectivity index (χ2v) is 12.8. The number of phenols is 2. The first kappa shape index (κ1) is 33.3. The van der Waals surface area contributed by atoms with Gasteiger partial charge in [0, 0.05) is 23.8 Å². The number of aliphatic hydroxyl groups excluding tert-OH is 3. The molecule has 46 heavy (non-hydrogen) atoms. The second kappa shape index (κ2) is 15.5. The number of fused-ring (bicyclic) bond motifs is 1. The van der Waals surface area contributed by atoms with Crippen LogP contribution in [0.5, 0.6) is 17.2 Å². The molecule has 0 bridgehead atoms. The number of phenolic OH excluding ortho intramolecular Hbond substituents is 2. The summed E-state index contributed by atoms with van der Waals surface area (Å²) >= 11 is 0. The molecule has 0 saturated heterocycles. The van der Waals surface area contributed by atoms with Crippen LogP contribution in [0.2, 0.25) is 0 Å². The number of ether oxygens (including phenoxy) is 1. The number of rotatable bonds is 10. The smallest absolute Gasteiger partial charge is 0.168 e. The molecule has 1 aliphatic rings. The largest absolute Gasteiger partial charge is 0.508 e. The molecule has 0 heterocycles. The lowest BCUT2D eigenvalue weighted by Crippen LogP contribution is -2.32. The standard InChI is InChI=1S/C40H46O6/c1-26(21-27-9-4-3-5-10-27)28-11-6-7-14-36(43)34(13-8-12-28)37(44)19-16-29-17-20-38(45)40(46-2)39(29)35-24-30-15-18-33(42)23-31(30)22-32(35)25-41/h3-5,9-10,15,17-18,20,22-24,26,28,34,36-37,41-45H,6-7,11,13-14,16,19,21,25H2,1-2H3/t26-,28+,34+,36+,37-/m1/s1. The first-order chi connectivity index (χ1) is 22.3. The van der Waals surface area contributed by atoms with Crippen molar-refractivity contribution in [2.75, 3.05) is 7.11 Å². The van der Waals surface area contributed by atoms with E-state index >= 15 is 0 Å². The van der Waals surface area contributed by atoms with Gasteiger partial charge < -0.3 is 30.3 Å². The Balaban J connectivity index is 1.38. The monoisotopic (exact) mass is 622 g/mol. The minimum atomic E-state index is -0.784. The number of hydrogen-bond acceptors (Lipinski definition) is 6. The maximum Gasteiger partial charge on any atom is 0.168 e. The van der Waals surface area contributed by atoms with Crippen molar-refractivity contribution >= 4 is 10.8 Å². The summed E-state index contributed by atoms with van der Waals surface area (Å²) in [7, 11) is 1.50. The molecule has 0 saturated carbocycles. The Morgan fingerprint density at radius 1 is 0.913 bits per heavy atom. The first-order valence-electron chi connectivity index (χ1n) is 16.4. The average molecular weight is 623 g/mol. The molecule has 0 aromatic heterocycles. The highest BCUT2D eigenvalue weighted by Crippen LogP contribution is 2.43. The van der Waals surface area contributed by atoms with E-state index in [0.29, 0.717) is 54.0 Å². The predicted molar refractivity (Wildman–Crippen MR) is 183 cm³/mol. The van der Waals surface area contributed by atoms with E-state index in [1.54, 1.807) is 18.2 Å². The summed E-state index contributed by atoms with van der Waals surface area (Å²) in [5.41, 5.74) is 4.14. The van der Waals surface area contributed by atoms with Crippen molar-refractivity contribution in [1.29, 1.82) is 0 Å². The Bertz CT molecular complexity index is 1670. The minimum absolute atomic E-state index is 0.0226. The summed E-state index contributed by atoms with van der Waals surface area (Å²) in [6.07, 6.45) is 4.35. The zero-order valence-electron chi connectivity index (χ0n) is 26.8. The summed E-state index contributed by atoms with van der Waals surface area (Å²) in [4.78, 5) is 0. The van der Waals surface area contributed by atoms with E-state index in [0.717, 1.165) is 42.0 Å². The molecule has 6 nitrogen and oxygen atoms in total. The molecule has 5 N–H and O–H groups in total. The van der Waals surface area contributed by atoms with Crippen molar-refractivity contribution in [2.45, 2.75) is 77.1 Å². The number of aromatic hydroxyl groups is 2. The van der Waals surface area contributed by atoms with Gasteiger partial charge in [0.1, 0.15) is 5.75 Å². The molecular weight excluding hydrogens is 576 g/mol. The van der Waals surface area contributed by atoms with Gasteiger partial charge in [-0.15, -0.1) is 5.92 Å².